The summed E-state index contributed by atoms with van der Waals surface area (Å²) in [5, 5.41) is 7.99. The number of ether oxygens (including phenoxy) is 1. The van der Waals surface area contributed by atoms with Crippen LogP contribution in [0.1, 0.15) is 13.8 Å². The number of para-hydroxylation sites is 1. The van der Waals surface area contributed by atoms with E-state index in [9.17, 15) is 4.79 Å². The number of carbonyl (C=O) groups is 1. The minimum Gasteiger partial charge on any atom is -0.481 e. The molecule has 0 aliphatic carbocycles. The predicted octanol–water partition coefficient (Wildman–Crippen LogP) is 2.94. The van der Waals surface area contributed by atoms with Gasteiger partial charge in [0, 0.05) is 0 Å². The highest BCUT2D eigenvalue weighted by Gasteiger charge is 1.99. The van der Waals surface area contributed by atoms with E-state index < -0.39 is 5.97 Å². The van der Waals surface area contributed by atoms with Gasteiger partial charge in [-0.05, 0) is 12.1 Å². The summed E-state index contributed by atoms with van der Waals surface area (Å²) in [4.78, 5) is 9.70. The van der Waals surface area contributed by atoms with Crippen molar-refractivity contribution in [2.45, 2.75) is 13.8 Å². The maximum Gasteiger partial charge on any atom is 0.305 e. The SMILES string of the molecule is C=COc1ccccc1.CC(C)C(=O)O. The number of carboxylic acids is 1. The van der Waals surface area contributed by atoms with E-state index in [2.05, 4.69) is 6.58 Å². The first-order chi connectivity index (χ1) is 7.07. The van der Waals surface area contributed by atoms with Gasteiger partial charge < -0.3 is 9.84 Å². The van der Waals surface area contributed by atoms with Crippen LogP contribution < -0.4 is 4.74 Å². The minimum absolute atomic E-state index is 0.231. The zero-order valence-corrected chi connectivity index (χ0v) is 9.01. The van der Waals surface area contributed by atoms with Gasteiger partial charge >= 0.3 is 5.97 Å². The van der Waals surface area contributed by atoms with Crippen molar-refractivity contribution >= 4 is 5.97 Å². The number of rotatable bonds is 3. The molecule has 82 valence electrons. The van der Waals surface area contributed by atoms with E-state index in [1.54, 1.807) is 13.8 Å². The van der Waals surface area contributed by atoms with Gasteiger partial charge in [-0.25, -0.2) is 0 Å². The minimum atomic E-state index is -0.741. The Kier molecular flexibility index (Phi) is 6.72. The van der Waals surface area contributed by atoms with Gasteiger partial charge in [-0.1, -0.05) is 38.6 Å². The molecule has 3 nitrogen and oxygen atoms in total. The lowest BCUT2D eigenvalue weighted by atomic mass is 10.2. The van der Waals surface area contributed by atoms with Gasteiger partial charge in [0.05, 0.1) is 12.2 Å². The first kappa shape index (κ1) is 13.2. The van der Waals surface area contributed by atoms with Crippen LogP contribution in [-0.2, 0) is 4.79 Å². The van der Waals surface area contributed by atoms with Crippen LogP contribution in [0.5, 0.6) is 5.75 Å². The number of carboxylic acid groups (broad SMARTS) is 1. The summed E-state index contributed by atoms with van der Waals surface area (Å²) in [5.74, 6) is -0.146. The van der Waals surface area contributed by atoms with Crippen molar-refractivity contribution in [3.05, 3.63) is 43.2 Å². The van der Waals surface area contributed by atoms with Gasteiger partial charge in [-0.2, -0.15) is 0 Å². The molecule has 0 spiro atoms. The van der Waals surface area contributed by atoms with E-state index in [0.29, 0.717) is 0 Å². The molecule has 0 bridgehead atoms. The third kappa shape index (κ3) is 7.31. The Morgan fingerprint density at radius 3 is 2.20 bits per heavy atom. The molecular formula is C12H16O3. The van der Waals surface area contributed by atoms with Crippen LogP contribution in [0.3, 0.4) is 0 Å². The molecule has 0 saturated heterocycles. The Morgan fingerprint density at radius 2 is 1.87 bits per heavy atom. The molecular weight excluding hydrogens is 192 g/mol. The Labute approximate surface area is 90.0 Å². The topological polar surface area (TPSA) is 46.5 Å². The molecule has 0 atom stereocenters. The molecule has 0 amide bonds. The third-order valence-corrected chi connectivity index (χ3v) is 1.46. The third-order valence-electron chi connectivity index (χ3n) is 1.46. The number of hydrogen-bond donors (Lipinski definition) is 1. The molecule has 0 aliphatic heterocycles. The van der Waals surface area contributed by atoms with Gasteiger partial charge in [0.15, 0.2) is 0 Å². The van der Waals surface area contributed by atoms with Gasteiger partial charge in [-0.15, -0.1) is 0 Å². The van der Waals surface area contributed by atoms with Gasteiger partial charge in [-0.3, -0.25) is 4.79 Å². The first-order valence-electron chi connectivity index (χ1n) is 4.63. The molecule has 1 aromatic carbocycles. The van der Waals surface area contributed by atoms with Gasteiger partial charge in [0.25, 0.3) is 0 Å². The van der Waals surface area contributed by atoms with Crippen molar-refractivity contribution in [3.8, 4) is 5.75 Å². The molecule has 0 heterocycles. The molecule has 0 aliphatic rings. The Bertz CT molecular complexity index is 291. The van der Waals surface area contributed by atoms with E-state index in [4.69, 9.17) is 9.84 Å². The van der Waals surface area contributed by atoms with E-state index in [-0.39, 0.29) is 5.92 Å². The second-order valence-corrected chi connectivity index (χ2v) is 3.09. The highest BCUT2D eigenvalue weighted by atomic mass is 16.5. The highest BCUT2D eigenvalue weighted by molar-refractivity contribution is 5.68. The molecule has 1 aromatic rings. The number of benzene rings is 1. The maximum absolute atomic E-state index is 9.70. The first-order valence-corrected chi connectivity index (χ1v) is 4.63. The van der Waals surface area contributed by atoms with Crippen molar-refractivity contribution < 1.29 is 14.6 Å². The zero-order valence-electron chi connectivity index (χ0n) is 9.01. The van der Waals surface area contributed by atoms with Crippen molar-refractivity contribution in [1.82, 2.24) is 0 Å². The van der Waals surface area contributed by atoms with Crippen molar-refractivity contribution in [2.24, 2.45) is 5.92 Å². The van der Waals surface area contributed by atoms with Crippen molar-refractivity contribution in [1.29, 1.82) is 0 Å². The lowest BCUT2D eigenvalue weighted by Crippen LogP contribution is -2.03. The predicted molar refractivity (Wildman–Crippen MR) is 59.7 cm³/mol. The monoisotopic (exact) mass is 208 g/mol. The molecule has 0 saturated carbocycles. The normalized spacial score (nSPS) is 8.73. The average Bonchev–Trinajstić information content (AvgIpc) is 2.20. The van der Waals surface area contributed by atoms with Crippen LogP contribution in [0.2, 0.25) is 0 Å². The highest BCUT2D eigenvalue weighted by Crippen LogP contribution is 2.07. The summed E-state index contributed by atoms with van der Waals surface area (Å²) < 4.78 is 4.97. The summed E-state index contributed by atoms with van der Waals surface area (Å²) in [6.07, 6.45) is 1.41. The van der Waals surface area contributed by atoms with Gasteiger partial charge in [0.1, 0.15) is 5.75 Å². The molecule has 15 heavy (non-hydrogen) atoms. The fourth-order valence-corrected chi connectivity index (χ4v) is 0.595. The second-order valence-electron chi connectivity index (χ2n) is 3.09. The molecule has 0 unspecified atom stereocenters. The van der Waals surface area contributed by atoms with Crippen LogP contribution in [0.4, 0.5) is 0 Å². The van der Waals surface area contributed by atoms with Crippen molar-refractivity contribution in [3.63, 3.8) is 0 Å². The summed E-state index contributed by atoms with van der Waals surface area (Å²) in [7, 11) is 0. The Morgan fingerprint density at radius 1 is 1.40 bits per heavy atom. The van der Waals surface area contributed by atoms with Crippen LogP contribution >= 0.6 is 0 Å². The van der Waals surface area contributed by atoms with E-state index >= 15 is 0 Å². The fourth-order valence-electron chi connectivity index (χ4n) is 0.595. The van der Waals surface area contributed by atoms with Crippen LogP contribution in [-0.4, -0.2) is 11.1 Å². The maximum atomic E-state index is 9.70. The van der Waals surface area contributed by atoms with Crippen molar-refractivity contribution in [2.75, 3.05) is 0 Å². The average molecular weight is 208 g/mol. The Hall–Kier alpha value is -1.77. The smallest absolute Gasteiger partial charge is 0.305 e. The molecule has 1 rings (SSSR count). The molecule has 0 radical (unpaired) electrons. The number of aliphatic carboxylic acids is 1. The molecule has 3 heteroatoms. The lowest BCUT2D eigenvalue weighted by Gasteiger charge is -1.95. The fraction of sp³-hybridized carbons (Fsp3) is 0.250. The van der Waals surface area contributed by atoms with Crippen LogP contribution in [0.25, 0.3) is 0 Å². The van der Waals surface area contributed by atoms with Crippen LogP contribution in [0.15, 0.2) is 43.2 Å². The van der Waals surface area contributed by atoms with E-state index in [1.165, 1.54) is 6.26 Å². The second kappa shape index (κ2) is 7.62. The summed E-state index contributed by atoms with van der Waals surface area (Å²) >= 11 is 0. The summed E-state index contributed by atoms with van der Waals surface area (Å²) in [6.45, 7) is 6.72. The lowest BCUT2D eigenvalue weighted by molar-refractivity contribution is -0.140. The summed E-state index contributed by atoms with van der Waals surface area (Å²) in [6, 6.07) is 9.52. The Balaban J connectivity index is 0.000000288. The largest absolute Gasteiger partial charge is 0.481 e. The molecule has 1 N–H and O–H groups in total. The van der Waals surface area contributed by atoms with E-state index in [1.807, 2.05) is 30.3 Å². The molecule has 0 fully saturated rings. The molecule has 0 aromatic heterocycles. The van der Waals surface area contributed by atoms with E-state index in [0.717, 1.165) is 5.75 Å². The van der Waals surface area contributed by atoms with Gasteiger partial charge in [0.2, 0.25) is 0 Å². The number of hydrogen-bond acceptors (Lipinski definition) is 2. The summed E-state index contributed by atoms with van der Waals surface area (Å²) in [5.41, 5.74) is 0. The quantitative estimate of drug-likeness (QED) is 0.777. The zero-order chi connectivity index (χ0) is 11.7. The van der Waals surface area contributed by atoms with Crippen LogP contribution in [0, 0.1) is 5.92 Å². The standard InChI is InChI=1S/C8H8O.C4H8O2/c1-2-9-8-6-4-3-5-7-8;1-3(2)4(5)6/h2-7H,1H2;3H,1-2H3,(H,5,6).